The van der Waals surface area contributed by atoms with E-state index < -0.39 is 6.61 Å². The number of pyridine rings is 1. The number of halogens is 2. The lowest BCUT2D eigenvalue weighted by molar-refractivity contribution is -0.0494. The number of hydrogen-bond donors (Lipinski definition) is 1. The number of methoxy groups -OCH3 is 1. The quantitative estimate of drug-likeness (QED) is 0.431. The van der Waals surface area contributed by atoms with Gasteiger partial charge in [0.15, 0.2) is 0 Å². The summed E-state index contributed by atoms with van der Waals surface area (Å²) >= 11 is 0. The Bertz CT molecular complexity index is 1220. The molecule has 0 aliphatic carbocycles. The summed E-state index contributed by atoms with van der Waals surface area (Å²) in [6.07, 6.45) is 1.62. The Hall–Kier alpha value is -4.00. The molecule has 0 saturated carbocycles. The SMILES string of the molecule is COc1ccc(-c2cc(NC(=O)c3cccc4cccnc34)ccc2OC(F)F)cc1. The van der Waals surface area contributed by atoms with E-state index in [0.717, 1.165) is 5.39 Å². The van der Waals surface area contributed by atoms with Crippen LogP contribution in [0.2, 0.25) is 0 Å². The fourth-order valence-electron chi connectivity index (χ4n) is 3.29. The van der Waals surface area contributed by atoms with Gasteiger partial charge in [-0.15, -0.1) is 0 Å². The first-order valence-electron chi connectivity index (χ1n) is 9.43. The van der Waals surface area contributed by atoms with E-state index in [9.17, 15) is 13.6 Å². The number of aromatic nitrogens is 1. The number of amides is 1. The Morgan fingerprint density at radius 1 is 1.00 bits per heavy atom. The number of rotatable bonds is 6. The molecule has 0 unspecified atom stereocenters. The molecule has 7 heteroatoms. The molecule has 4 rings (SSSR count). The van der Waals surface area contributed by atoms with Crippen LogP contribution in [-0.4, -0.2) is 24.6 Å². The second-order valence-corrected chi connectivity index (χ2v) is 6.65. The maximum Gasteiger partial charge on any atom is 0.387 e. The summed E-state index contributed by atoms with van der Waals surface area (Å²) in [5, 5.41) is 3.66. The van der Waals surface area contributed by atoms with Gasteiger partial charge < -0.3 is 14.8 Å². The van der Waals surface area contributed by atoms with Crippen molar-refractivity contribution in [2.45, 2.75) is 6.61 Å². The Balaban J connectivity index is 1.69. The third-order valence-electron chi connectivity index (χ3n) is 4.73. The minimum absolute atomic E-state index is 0.00462. The Labute approximate surface area is 177 Å². The van der Waals surface area contributed by atoms with Crippen molar-refractivity contribution in [2.24, 2.45) is 0 Å². The lowest BCUT2D eigenvalue weighted by Crippen LogP contribution is -2.13. The standard InChI is InChI=1S/C24H18F2N2O3/c1-30-18-10-7-15(8-11-18)20-14-17(9-12-21(20)31-24(25)26)28-23(29)19-6-2-4-16-5-3-13-27-22(16)19/h2-14,24H,1H3,(H,28,29). The van der Waals surface area contributed by atoms with E-state index in [0.29, 0.717) is 33.6 Å². The minimum Gasteiger partial charge on any atom is -0.497 e. The van der Waals surface area contributed by atoms with Crippen LogP contribution in [0, 0.1) is 0 Å². The third kappa shape index (κ3) is 4.45. The molecule has 156 valence electrons. The van der Waals surface area contributed by atoms with Gasteiger partial charge in [-0.2, -0.15) is 8.78 Å². The van der Waals surface area contributed by atoms with E-state index in [1.165, 1.54) is 12.1 Å². The van der Waals surface area contributed by atoms with Gasteiger partial charge in [-0.1, -0.05) is 30.3 Å². The molecule has 1 N–H and O–H groups in total. The Morgan fingerprint density at radius 2 is 1.77 bits per heavy atom. The van der Waals surface area contributed by atoms with Crippen LogP contribution in [0.4, 0.5) is 14.5 Å². The molecule has 0 fully saturated rings. The van der Waals surface area contributed by atoms with Crippen LogP contribution in [0.1, 0.15) is 10.4 Å². The molecule has 0 saturated heterocycles. The highest BCUT2D eigenvalue weighted by Gasteiger charge is 2.15. The van der Waals surface area contributed by atoms with Crippen molar-refractivity contribution in [2.75, 3.05) is 12.4 Å². The summed E-state index contributed by atoms with van der Waals surface area (Å²) in [4.78, 5) is 17.2. The zero-order valence-corrected chi connectivity index (χ0v) is 16.5. The van der Waals surface area contributed by atoms with Gasteiger partial charge in [0, 0.05) is 22.8 Å². The van der Waals surface area contributed by atoms with Gasteiger partial charge in [0.1, 0.15) is 11.5 Å². The van der Waals surface area contributed by atoms with Crippen molar-refractivity contribution in [3.8, 4) is 22.6 Å². The summed E-state index contributed by atoms with van der Waals surface area (Å²) in [5.41, 5.74) is 2.48. The fourth-order valence-corrected chi connectivity index (χ4v) is 3.29. The van der Waals surface area contributed by atoms with E-state index >= 15 is 0 Å². The number of hydrogen-bond acceptors (Lipinski definition) is 4. The monoisotopic (exact) mass is 420 g/mol. The average Bonchev–Trinajstić information content (AvgIpc) is 2.79. The maximum absolute atomic E-state index is 12.9. The summed E-state index contributed by atoms with van der Waals surface area (Å²) in [5.74, 6) is 0.283. The number of carbonyl (C=O) groups is 1. The Kier molecular flexibility index (Phi) is 5.75. The number of nitrogens with zero attached hydrogens (tertiary/aromatic N) is 1. The zero-order valence-electron chi connectivity index (χ0n) is 16.5. The van der Waals surface area contributed by atoms with E-state index in [2.05, 4.69) is 15.0 Å². The maximum atomic E-state index is 12.9. The predicted octanol–water partition coefficient (Wildman–Crippen LogP) is 5.76. The number of fused-ring (bicyclic) bond motifs is 1. The summed E-state index contributed by atoms with van der Waals surface area (Å²) in [6.45, 7) is -2.97. The van der Waals surface area contributed by atoms with E-state index in [-0.39, 0.29) is 11.7 Å². The third-order valence-corrected chi connectivity index (χ3v) is 4.73. The number of nitrogens with one attached hydrogen (secondary N) is 1. The van der Waals surface area contributed by atoms with Crippen LogP contribution in [0.5, 0.6) is 11.5 Å². The zero-order chi connectivity index (χ0) is 21.8. The largest absolute Gasteiger partial charge is 0.497 e. The highest BCUT2D eigenvalue weighted by Crippen LogP contribution is 2.35. The molecule has 5 nitrogen and oxygen atoms in total. The van der Waals surface area contributed by atoms with Crippen molar-refractivity contribution in [3.63, 3.8) is 0 Å². The average molecular weight is 420 g/mol. The summed E-state index contributed by atoms with van der Waals surface area (Å²) in [7, 11) is 1.54. The molecule has 4 aromatic rings. The topological polar surface area (TPSA) is 60.5 Å². The second-order valence-electron chi connectivity index (χ2n) is 6.65. The lowest BCUT2D eigenvalue weighted by Gasteiger charge is -2.14. The molecule has 0 radical (unpaired) electrons. The molecule has 0 aliphatic rings. The van der Waals surface area contributed by atoms with Crippen molar-refractivity contribution in [1.82, 2.24) is 4.98 Å². The molecule has 3 aromatic carbocycles. The molecule has 0 atom stereocenters. The van der Waals surface area contributed by atoms with Crippen molar-refractivity contribution < 1.29 is 23.0 Å². The first-order chi connectivity index (χ1) is 15.0. The molecule has 0 aliphatic heterocycles. The van der Waals surface area contributed by atoms with Gasteiger partial charge in [-0.3, -0.25) is 9.78 Å². The van der Waals surface area contributed by atoms with Crippen LogP contribution < -0.4 is 14.8 Å². The number of anilines is 1. The highest BCUT2D eigenvalue weighted by atomic mass is 19.3. The number of para-hydroxylation sites is 1. The minimum atomic E-state index is -2.97. The van der Waals surface area contributed by atoms with Crippen molar-refractivity contribution in [3.05, 3.63) is 84.6 Å². The van der Waals surface area contributed by atoms with Crippen molar-refractivity contribution in [1.29, 1.82) is 0 Å². The van der Waals surface area contributed by atoms with Gasteiger partial charge in [0.2, 0.25) is 0 Å². The number of benzene rings is 3. The van der Waals surface area contributed by atoms with Crippen LogP contribution in [0.15, 0.2) is 79.0 Å². The van der Waals surface area contributed by atoms with E-state index in [4.69, 9.17) is 4.74 Å². The van der Waals surface area contributed by atoms with Gasteiger partial charge in [0.05, 0.1) is 18.2 Å². The van der Waals surface area contributed by atoms with Crippen LogP contribution in [0.25, 0.3) is 22.0 Å². The van der Waals surface area contributed by atoms with E-state index in [1.807, 2.05) is 12.1 Å². The predicted molar refractivity (Wildman–Crippen MR) is 115 cm³/mol. The van der Waals surface area contributed by atoms with Crippen LogP contribution in [-0.2, 0) is 0 Å². The molecule has 1 amide bonds. The van der Waals surface area contributed by atoms with E-state index in [1.54, 1.807) is 61.8 Å². The molecule has 1 aromatic heterocycles. The second kappa shape index (κ2) is 8.79. The number of carbonyl (C=O) groups excluding carboxylic acids is 1. The van der Waals surface area contributed by atoms with Crippen LogP contribution >= 0.6 is 0 Å². The number of ether oxygens (including phenoxy) is 2. The molecule has 31 heavy (non-hydrogen) atoms. The molecule has 0 spiro atoms. The first kappa shape index (κ1) is 20.3. The van der Waals surface area contributed by atoms with Crippen molar-refractivity contribution >= 4 is 22.5 Å². The molecule has 0 bridgehead atoms. The summed E-state index contributed by atoms with van der Waals surface area (Å²) in [6, 6.07) is 20.4. The fraction of sp³-hybridized carbons (Fsp3) is 0.0833. The normalized spacial score (nSPS) is 10.8. The molecule has 1 heterocycles. The van der Waals surface area contributed by atoms with Gasteiger partial charge in [0.25, 0.3) is 5.91 Å². The van der Waals surface area contributed by atoms with Gasteiger partial charge >= 0.3 is 6.61 Å². The summed E-state index contributed by atoms with van der Waals surface area (Å²) < 4.78 is 35.6. The number of alkyl halides is 2. The molecular formula is C24H18F2N2O3. The van der Waals surface area contributed by atoms with Crippen LogP contribution in [0.3, 0.4) is 0 Å². The Morgan fingerprint density at radius 3 is 2.52 bits per heavy atom. The molecular weight excluding hydrogens is 402 g/mol. The van der Waals surface area contributed by atoms with Gasteiger partial charge in [-0.05, 0) is 48.0 Å². The van der Waals surface area contributed by atoms with Gasteiger partial charge in [-0.25, -0.2) is 0 Å². The smallest absolute Gasteiger partial charge is 0.387 e. The highest BCUT2D eigenvalue weighted by molar-refractivity contribution is 6.12. The lowest BCUT2D eigenvalue weighted by atomic mass is 10.0. The first-order valence-corrected chi connectivity index (χ1v) is 9.43.